The fraction of sp³-hybridized carbons (Fsp3) is 0.545. The van der Waals surface area contributed by atoms with E-state index in [4.69, 9.17) is 4.42 Å². The second kappa shape index (κ2) is 10.1. The Kier molecular flexibility index (Phi) is 7.97. The Balaban J connectivity index is 2.22. The van der Waals surface area contributed by atoms with Crippen molar-refractivity contribution < 1.29 is 19.1 Å². The lowest BCUT2D eigenvalue weighted by atomic mass is 10.0. The molecule has 2 N–H and O–H groups in total. The zero-order chi connectivity index (χ0) is 24.2. The van der Waals surface area contributed by atoms with Crippen LogP contribution >= 0.6 is 0 Å². The standard InChI is InChI=1S/C22H33N5O5/c1-14-17(27(21(30)31)22(2,3)4)9-8-16-18(14)19(29)32-20(24-16)23-12-15(28)13-26(7)11-10-25(5)6/h8-9H,10-13H2,1-7H3,(H,23,24)(H,30,31). The molecular formula is C22H33N5O5. The van der Waals surface area contributed by atoms with Crippen LogP contribution in [0.15, 0.2) is 21.3 Å². The topological polar surface area (TPSA) is 119 Å². The van der Waals surface area contributed by atoms with Crippen LogP contribution in [0.1, 0.15) is 26.3 Å². The van der Waals surface area contributed by atoms with Crippen LogP contribution in [-0.2, 0) is 4.79 Å². The highest BCUT2D eigenvalue weighted by Gasteiger charge is 2.30. The molecule has 1 aromatic carbocycles. The van der Waals surface area contributed by atoms with Gasteiger partial charge in [0.2, 0.25) is 0 Å². The van der Waals surface area contributed by atoms with E-state index in [0.717, 1.165) is 13.1 Å². The molecule has 176 valence electrons. The van der Waals surface area contributed by atoms with Gasteiger partial charge in [-0.15, -0.1) is 0 Å². The van der Waals surface area contributed by atoms with Crippen molar-refractivity contribution in [3.05, 3.63) is 28.1 Å². The lowest BCUT2D eigenvalue weighted by Crippen LogP contribution is -2.45. The van der Waals surface area contributed by atoms with Crippen LogP contribution < -0.4 is 15.8 Å². The maximum absolute atomic E-state index is 12.7. The van der Waals surface area contributed by atoms with E-state index in [1.807, 2.05) is 30.9 Å². The number of amides is 1. The summed E-state index contributed by atoms with van der Waals surface area (Å²) < 4.78 is 5.27. The van der Waals surface area contributed by atoms with Gasteiger partial charge in [-0.05, 0) is 66.5 Å². The summed E-state index contributed by atoms with van der Waals surface area (Å²) in [5.74, 6) is -0.0652. The van der Waals surface area contributed by atoms with Crippen LogP contribution in [0.5, 0.6) is 0 Å². The van der Waals surface area contributed by atoms with E-state index in [1.54, 1.807) is 39.8 Å². The van der Waals surface area contributed by atoms with Crippen molar-refractivity contribution in [1.82, 2.24) is 14.8 Å². The minimum absolute atomic E-state index is 0.0262. The molecule has 0 saturated carbocycles. The number of carbonyl (C=O) groups is 2. The Morgan fingerprint density at radius 2 is 1.81 bits per heavy atom. The van der Waals surface area contributed by atoms with Crippen LogP contribution in [0, 0.1) is 6.92 Å². The largest absolute Gasteiger partial charge is 0.465 e. The molecule has 1 amide bonds. The summed E-state index contributed by atoms with van der Waals surface area (Å²) in [7, 11) is 5.81. The van der Waals surface area contributed by atoms with E-state index in [-0.39, 0.29) is 30.3 Å². The summed E-state index contributed by atoms with van der Waals surface area (Å²) in [4.78, 5) is 46.2. The van der Waals surface area contributed by atoms with Crippen molar-refractivity contribution in [2.45, 2.75) is 33.2 Å². The first kappa shape index (κ1) is 25.3. The van der Waals surface area contributed by atoms with Gasteiger partial charge in [-0.3, -0.25) is 14.6 Å². The Hall–Kier alpha value is -2.98. The number of hydrogen-bond donors (Lipinski definition) is 2. The lowest BCUT2D eigenvalue weighted by Gasteiger charge is -2.34. The average molecular weight is 448 g/mol. The van der Waals surface area contributed by atoms with E-state index in [0.29, 0.717) is 16.8 Å². The molecule has 0 atom stereocenters. The molecule has 0 aliphatic carbocycles. The molecule has 10 nitrogen and oxygen atoms in total. The second-order valence-electron chi connectivity index (χ2n) is 9.13. The third-order valence-corrected chi connectivity index (χ3v) is 4.94. The van der Waals surface area contributed by atoms with E-state index >= 15 is 0 Å². The predicted octanol–water partition coefficient (Wildman–Crippen LogP) is 2.25. The summed E-state index contributed by atoms with van der Waals surface area (Å²) in [5.41, 5.74) is -0.139. The number of nitrogens with one attached hydrogen (secondary N) is 1. The molecule has 0 radical (unpaired) electrons. The monoisotopic (exact) mass is 447 g/mol. The van der Waals surface area contributed by atoms with Gasteiger partial charge in [0.15, 0.2) is 5.78 Å². The number of anilines is 2. The molecule has 1 aromatic heterocycles. The first-order valence-corrected chi connectivity index (χ1v) is 10.4. The molecule has 2 rings (SSSR count). The third-order valence-electron chi connectivity index (χ3n) is 4.94. The van der Waals surface area contributed by atoms with Crippen LogP contribution in [0.2, 0.25) is 0 Å². The number of Topliss-reactive ketones (excluding diaryl/α,β-unsaturated/α-hetero) is 1. The lowest BCUT2D eigenvalue weighted by molar-refractivity contribution is -0.118. The number of aryl methyl sites for hydroxylation is 1. The summed E-state index contributed by atoms with van der Waals surface area (Å²) >= 11 is 0. The molecule has 32 heavy (non-hydrogen) atoms. The normalized spacial score (nSPS) is 11.9. The van der Waals surface area contributed by atoms with Crippen LogP contribution in [0.3, 0.4) is 0 Å². The predicted molar refractivity (Wildman–Crippen MR) is 125 cm³/mol. The molecule has 2 aromatic rings. The minimum Gasteiger partial charge on any atom is -0.465 e. The maximum Gasteiger partial charge on any atom is 0.412 e. The molecule has 0 fully saturated rings. The number of carbonyl (C=O) groups excluding carboxylic acids is 1. The van der Waals surface area contributed by atoms with E-state index in [9.17, 15) is 19.5 Å². The number of rotatable bonds is 9. The number of likely N-dealkylation sites (N-methyl/N-ethyl adjacent to an activating group) is 2. The number of ketones is 1. The molecule has 10 heteroatoms. The number of aromatic nitrogens is 1. The van der Waals surface area contributed by atoms with Crippen molar-refractivity contribution in [3.8, 4) is 0 Å². The number of hydrogen-bond acceptors (Lipinski definition) is 8. The van der Waals surface area contributed by atoms with Crippen LogP contribution in [-0.4, -0.2) is 84.6 Å². The zero-order valence-corrected chi connectivity index (χ0v) is 19.9. The van der Waals surface area contributed by atoms with Gasteiger partial charge in [-0.2, -0.15) is 4.98 Å². The zero-order valence-electron chi connectivity index (χ0n) is 19.9. The van der Waals surface area contributed by atoms with Crippen molar-refractivity contribution >= 4 is 34.5 Å². The van der Waals surface area contributed by atoms with E-state index in [2.05, 4.69) is 10.3 Å². The van der Waals surface area contributed by atoms with Gasteiger partial charge in [0.25, 0.3) is 6.01 Å². The van der Waals surface area contributed by atoms with Gasteiger partial charge in [0, 0.05) is 18.6 Å². The Bertz CT molecular complexity index is 1040. The molecule has 0 spiro atoms. The van der Waals surface area contributed by atoms with Crippen molar-refractivity contribution in [3.63, 3.8) is 0 Å². The molecular weight excluding hydrogens is 414 g/mol. The number of nitrogens with zero attached hydrogens (tertiary/aromatic N) is 4. The van der Waals surface area contributed by atoms with Crippen molar-refractivity contribution in [1.29, 1.82) is 0 Å². The van der Waals surface area contributed by atoms with Crippen molar-refractivity contribution in [2.75, 3.05) is 57.5 Å². The highest BCUT2D eigenvalue weighted by atomic mass is 16.4. The first-order chi connectivity index (χ1) is 14.8. The minimum atomic E-state index is -1.12. The quantitative estimate of drug-likeness (QED) is 0.596. The third kappa shape index (κ3) is 6.27. The Morgan fingerprint density at radius 3 is 2.38 bits per heavy atom. The number of fused-ring (bicyclic) bond motifs is 1. The second-order valence-corrected chi connectivity index (χ2v) is 9.13. The SMILES string of the molecule is Cc1c(N(C(=O)O)C(C)(C)C)ccc2nc(NCC(=O)CN(C)CCN(C)C)oc(=O)c12. The first-order valence-electron chi connectivity index (χ1n) is 10.4. The van der Waals surface area contributed by atoms with Crippen molar-refractivity contribution in [2.24, 2.45) is 0 Å². The van der Waals surface area contributed by atoms with Gasteiger partial charge in [0.05, 0.1) is 29.7 Å². The average Bonchev–Trinajstić information content (AvgIpc) is 2.65. The fourth-order valence-corrected chi connectivity index (χ4v) is 3.36. The summed E-state index contributed by atoms with van der Waals surface area (Å²) in [6, 6.07) is 3.15. The van der Waals surface area contributed by atoms with E-state index in [1.165, 1.54) is 4.90 Å². The smallest absolute Gasteiger partial charge is 0.412 e. The molecule has 0 saturated heterocycles. The number of benzene rings is 1. The van der Waals surface area contributed by atoms with Gasteiger partial charge >= 0.3 is 11.7 Å². The summed E-state index contributed by atoms with van der Waals surface area (Å²) in [6.07, 6.45) is -1.12. The van der Waals surface area contributed by atoms with Gasteiger partial charge in [-0.25, -0.2) is 9.59 Å². The highest BCUT2D eigenvalue weighted by Crippen LogP contribution is 2.31. The fourth-order valence-electron chi connectivity index (χ4n) is 3.36. The van der Waals surface area contributed by atoms with Crippen LogP contribution in [0.25, 0.3) is 10.9 Å². The summed E-state index contributed by atoms with van der Waals surface area (Å²) in [6.45, 7) is 8.81. The number of carboxylic acid groups (broad SMARTS) is 1. The molecule has 0 aliphatic heterocycles. The molecule has 1 heterocycles. The Labute approximate surface area is 187 Å². The van der Waals surface area contributed by atoms with Gasteiger partial charge in [0.1, 0.15) is 0 Å². The highest BCUT2D eigenvalue weighted by molar-refractivity contribution is 5.94. The molecule has 0 bridgehead atoms. The van der Waals surface area contributed by atoms with Crippen LogP contribution in [0.4, 0.5) is 16.5 Å². The summed E-state index contributed by atoms with van der Waals surface area (Å²) in [5, 5.41) is 12.7. The Morgan fingerprint density at radius 1 is 1.16 bits per heavy atom. The van der Waals surface area contributed by atoms with Gasteiger partial charge in [-0.1, -0.05) is 0 Å². The van der Waals surface area contributed by atoms with E-state index < -0.39 is 17.3 Å². The molecule has 0 unspecified atom stereocenters. The maximum atomic E-state index is 12.7. The van der Waals surface area contributed by atoms with Gasteiger partial charge < -0.3 is 19.7 Å². The molecule has 0 aliphatic rings.